The molecule has 1 unspecified atom stereocenters. The predicted octanol–water partition coefficient (Wildman–Crippen LogP) is 1.81. The van der Waals surface area contributed by atoms with Crippen molar-refractivity contribution >= 4 is 39.5 Å². The number of carbonyl (C=O) groups is 3. The zero-order chi connectivity index (χ0) is 15.7. The van der Waals surface area contributed by atoms with Crippen LogP contribution in [0, 0.1) is 11.7 Å². The van der Waals surface area contributed by atoms with Gasteiger partial charge in [0.15, 0.2) is 5.82 Å². The van der Waals surface area contributed by atoms with E-state index in [4.69, 9.17) is 5.11 Å². The number of esters is 1. The molecule has 8 heteroatoms. The fourth-order valence-electron chi connectivity index (χ4n) is 2.22. The summed E-state index contributed by atoms with van der Waals surface area (Å²) in [5.74, 6) is -4.05. The van der Waals surface area contributed by atoms with Gasteiger partial charge in [0.1, 0.15) is 0 Å². The van der Waals surface area contributed by atoms with Gasteiger partial charge in [0.2, 0.25) is 5.91 Å². The van der Waals surface area contributed by atoms with Crippen LogP contribution in [0.5, 0.6) is 0 Å². The van der Waals surface area contributed by atoms with E-state index in [2.05, 4.69) is 20.7 Å². The molecule has 1 atom stereocenters. The summed E-state index contributed by atoms with van der Waals surface area (Å²) in [4.78, 5) is 35.7. The molecule has 0 aromatic heterocycles. The molecule has 112 valence electrons. The molecule has 1 aromatic rings. The minimum atomic E-state index is -1.36. The van der Waals surface area contributed by atoms with Gasteiger partial charge in [-0.15, -0.1) is 0 Å². The van der Waals surface area contributed by atoms with Gasteiger partial charge >= 0.3 is 11.9 Å². The fourth-order valence-corrected chi connectivity index (χ4v) is 2.54. The topological polar surface area (TPSA) is 83.9 Å². The zero-order valence-electron chi connectivity index (χ0n) is 10.9. The van der Waals surface area contributed by atoms with Crippen LogP contribution in [0.2, 0.25) is 0 Å². The Kier molecular flexibility index (Phi) is 4.26. The molecule has 21 heavy (non-hydrogen) atoms. The van der Waals surface area contributed by atoms with E-state index in [1.54, 1.807) is 0 Å². The number of methoxy groups -OCH3 is 1. The first-order valence-electron chi connectivity index (χ1n) is 5.96. The minimum absolute atomic E-state index is 0.0387. The Hall–Kier alpha value is -1.96. The van der Waals surface area contributed by atoms with Crippen molar-refractivity contribution in [3.05, 3.63) is 28.0 Å². The highest BCUT2D eigenvalue weighted by Crippen LogP contribution is 2.34. The molecule has 1 N–H and O–H groups in total. The van der Waals surface area contributed by atoms with Crippen LogP contribution in [0.25, 0.3) is 0 Å². The summed E-state index contributed by atoms with van der Waals surface area (Å²) < 4.78 is 18.8. The van der Waals surface area contributed by atoms with Gasteiger partial charge in [0.25, 0.3) is 0 Å². The average Bonchev–Trinajstić information content (AvgIpc) is 2.82. The first-order valence-corrected chi connectivity index (χ1v) is 6.75. The van der Waals surface area contributed by atoms with E-state index in [9.17, 15) is 18.8 Å². The second-order valence-electron chi connectivity index (χ2n) is 4.49. The highest BCUT2D eigenvalue weighted by molar-refractivity contribution is 9.10. The maximum absolute atomic E-state index is 14.2. The van der Waals surface area contributed by atoms with Gasteiger partial charge in [0.05, 0.1) is 28.8 Å². The maximum atomic E-state index is 14.2. The molecular weight excluding hydrogens is 349 g/mol. The minimum Gasteiger partial charge on any atom is -0.478 e. The Morgan fingerprint density at radius 3 is 2.71 bits per heavy atom. The average molecular weight is 360 g/mol. The third kappa shape index (κ3) is 2.76. The van der Waals surface area contributed by atoms with Gasteiger partial charge in [-0.05, 0) is 28.1 Å². The molecule has 1 aliphatic rings. The second-order valence-corrected chi connectivity index (χ2v) is 5.35. The third-order valence-electron chi connectivity index (χ3n) is 3.23. The number of carbonyl (C=O) groups excluding carboxylic acids is 2. The number of anilines is 1. The summed E-state index contributed by atoms with van der Waals surface area (Å²) in [7, 11) is 1.19. The quantitative estimate of drug-likeness (QED) is 0.832. The highest BCUT2D eigenvalue weighted by Gasteiger charge is 2.38. The molecule has 0 radical (unpaired) electrons. The molecule has 1 saturated heterocycles. The van der Waals surface area contributed by atoms with E-state index in [1.165, 1.54) is 19.2 Å². The van der Waals surface area contributed by atoms with Gasteiger partial charge in [-0.3, -0.25) is 9.59 Å². The van der Waals surface area contributed by atoms with Crippen molar-refractivity contribution in [3.8, 4) is 0 Å². The summed E-state index contributed by atoms with van der Waals surface area (Å²) in [6.45, 7) is -0.112. The summed E-state index contributed by atoms with van der Waals surface area (Å²) in [6.07, 6.45) is -0.141. The normalized spacial score (nSPS) is 18.0. The van der Waals surface area contributed by atoms with E-state index in [0.29, 0.717) is 0 Å². The summed E-state index contributed by atoms with van der Waals surface area (Å²) in [5.41, 5.74) is -0.678. The van der Waals surface area contributed by atoms with Crippen molar-refractivity contribution in [1.29, 1.82) is 0 Å². The maximum Gasteiger partial charge on any atom is 0.337 e. The van der Waals surface area contributed by atoms with Crippen LogP contribution >= 0.6 is 15.9 Å². The number of rotatable bonds is 3. The number of hydrogen-bond donors (Lipinski definition) is 1. The molecule has 0 spiro atoms. The van der Waals surface area contributed by atoms with E-state index in [-0.39, 0.29) is 28.7 Å². The van der Waals surface area contributed by atoms with Gasteiger partial charge in [0, 0.05) is 13.0 Å². The largest absolute Gasteiger partial charge is 0.478 e. The van der Waals surface area contributed by atoms with E-state index >= 15 is 0 Å². The zero-order valence-corrected chi connectivity index (χ0v) is 12.5. The smallest absolute Gasteiger partial charge is 0.337 e. The standard InChI is InChI=1S/C13H11BrFNO5/c1-21-13(20)6-4-9(17)16(5-6)11-7(12(18)19)2-3-8(14)10(11)15/h2-3,6H,4-5H2,1H3,(H,18,19). The second kappa shape index (κ2) is 5.80. The van der Waals surface area contributed by atoms with Crippen molar-refractivity contribution in [2.24, 2.45) is 5.92 Å². The number of nitrogens with zero attached hydrogens (tertiary/aromatic N) is 1. The Bertz CT molecular complexity index is 633. The van der Waals surface area contributed by atoms with Gasteiger partial charge in [-0.1, -0.05) is 0 Å². The predicted molar refractivity (Wildman–Crippen MR) is 73.5 cm³/mol. The lowest BCUT2D eigenvalue weighted by atomic mass is 10.1. The van der Waals surface area contributed by atoms with Crippen molar-refractivity contribution in [3.63, 3.8) is 0 Å². The lowest BCUT2D eigenvalue weighted by Crippen LogP contribution is -2.29. The van der Waals surface area contributed by atoms with Crippen LogP contribution in [-0.2, 0) is 14.3 Å². The lowest BCUT2D eigenvalue weighted by Gasteiger charge is -2.20. The molecule has 0 bridgehead atoms. The number of carboxylic acids is 1. The van der Waals surface area contributed by atoms with Gasteiger partial charge in [-0.25, -0.2) is 9.18 Å². The van der Waals surface area contributed by atoms with Crippen LogP contribution in [0.1, 0.15) is 16.8 Å². The van der Waals surface area contributed by atoms with Crippen LogP contribution in [-0.4, -0.2) is 36.6 Å². The molecule has 1 aromatic carbocycles. The van der Waals surface area contributed by atoms with E-state index in [0.717, 1.165) is 4.90 Å². The fraction of sp³-hybridized carbons (Fsp3) is 0.308. The van der Waals surface area contributed by atoms with Crippen LogP contribution in [0.15, 0.2) is 16.6 Å². The first kappa shape index (κ1) is 15.4. The van der Waals surface area contributed by atoms with E-state index < -0.39 is 29.6 Å². The Labute approximate surface area is 127 Å². The van der Waals surface area contributed by atoms with Crippen LogP contribution in [0.3, 0.4) is 0 Å². The van der Waals surface area contributed by atoms with Crippen molar-refractivity contribution in [1.82, 2.24) is 0 Å². The Balaban J connectivity index is 2.47. The number of halogens is 2. The van der Waals surface area contributed by atoms with Crippen molar-refractivity contribution < 1.29 is 28.6 Å². The van der Waals surface area contributed by atoms with Crippen molar-refractivity contribution in [2.75, 3.05) is 18.6 Å². The molecule has 2 rings (SSSR count). The molecule has 1 heterocycles. The molecule has 1 fully saturated rings. The summed E-state index contributed by atoms with van der Waals surface area (Å²) in [6, 6.07) is 2.45. The summed E-state index contributed by atoms with van der Waals surface area (Å²) in [5, 5.41) is 9.14. The molecule has 1 amide bonds. The SMILES string of the molecule is COC(=O)C1CC(=O)N(c2c(C(=O)O)ccc(Br)c2F)C1. The number of amides is 1. The Morgan fingerprint density at radius 1 is 1.48 bits per heavy atom. The lowest BCUT2D eigenvalue weighted by molar-refractivity contribution is -0.145. The molecular formula is C13H11BrFNO5. The first-order chi connectivity index (χ1) is 9.86. The molecule has 0 saturated carbocycles. The monoisotopic (exact) mass is 359 g/mol. The van der Waals surface area contributed by atoms with Crippen LogP contribution in [0.4, 0.5) is 10.1 Å². The molecule has 6 nitrogen and oxygen atoms in total. The van der Waals surface area contributed by atoms with Crippen LogP contribution < -0.4 is 4.90 Å². The number of aromatic carboxylic acids is 1. The number of ether oxygens (including phenoxy) is 1. The third-order valence-corrected chi connectivity index (χ3v) is 3.84. The number of carboxylic acid groups (broad SMARTS) is 1. The van der Waals surface area contributed by atoms with E-state index in [1.807, 2.05) is 0 Å². The highest BCUT2D eigenvalue weighted by atomic mass is 79.9. The number of benzene rings is 1. The molecule has 1 aliphatic heterocycles. The molecule has 0 aliphatic carbocycles. The Morgan fingerprint density at radius 2 is 2.14 bits per heavy atom. The number of hydrogen-bond acceptors (Lipinski definition) is 4. The van der Waals surface area contributed by atoms with Gasteiger partial charge in [-0.2, -0.15) is 0 Å². The summed E-state index contributed by atoms with van der Waals surface area (Å²) >= 11 is 2.96. The van der Waals surface area contributed by atoms with Crippen molar-refractivity contribution in [2.45, 2.75) is 6.42 Å². The van der Waals surface area contributed by atoms with Gasteiger partial charge < -0.3 is 14.7 Å².